The Hall–Kier alpha value is -1.34. The number of nitrogens with zero attached hydrogens (tertiary/aromatic N) is 1. The van der Waals surface area contributed by atoms with E-state index in [-0.39, 0.29) is 51.6 Å². The third-order valence-corrected chi connectivity index (χ3v) is 4.87. The van der Waals surface area contributed by atoms with Gasteiger partial charge in [-0.25, -0.2) is 0 Å². The molecular formula is C15H17ClF2N2O2S. The third-order valence-electron chi connectivity index (χ3n) is 3.58. The molecule has 1 aliphatic rings. The highest BCUT2D eigenvalue weighted by atomic mass is 35.5. The molecule has 0 spiro atoms. The summed E-state index contributed by atoms with van der Waals surface area (Å²) in [4.78, 5) is 26.0. The van der Waals surface area contributed by atoms with Gasteiger partial charge in [-0.15, -0.1) is 0 Å². The number of alkyl halides is 2. The predicted molar refractivity (Wildman–Crippen MR) is 86.9 cm³/mol. The number of halogens is 3. The molecule has 2 amide bonds. The van der Waals surface area contributed by atoms with E-state index in [9.17, 15) is 18.4 Å². The van der Waals surface area contributed by atoms with Crippen LogP contribution in [-0.2, 0) is 9.59 Å². The van der Waals surface area contributed by atoms with Crippen LogP contribution in [0.1, 0.15) is 20.3 Å². The predicted octanol–water partition coefficient (Wildman–Crippen LogP) is 3.85. The molecule has 1 N–H and O–H groups in total. The Morgan fingerprint density at radius 1 is 1.43 bits per heavy atom. The van der Waals surface area contributed by atoms with Crippen molar-refractivity contribution in [1.29, 1.82) is 0 Å². The average molecular weight is 363 g/mol. The van der Waals surface area contributed by atoms with Gasteiger partial charge in [0.15, 0.2) is 0 Å². The minimum atomic E-state index is -2.64. The van der Waals surface area contributed by atoms with Gasteiger partial charge in [0.1, 0.15) is 0 Å². The maximum atomic E-state index is 12.7. The average Bonchev–Trinajstić information content (AvgIpc) is 2.84. The highest BCUT2D eigenvalue weighted by molar-refractivity contribution is 7.99. The van der Waals surface area contributed by atoms with Crippen LogP contribution in [0.25, 0.3) is 0 Å². The van der Waals surface area contributed by atoms with Gasteiger partial charge in [0.25, 0.3) is 5.76 Å². The number of rotatable bonds is 5. The zero-order valence-corrected chi connectivity index (χ0v) is 14.3. The Labute approximate surface area is 142 Å². The standard InChI is InChI=1S/C15H17ClF2N2O2S/c1-8(2)20-7-9(6-12(20)21)14(22)19-11-5-3-4-10(16)13(11)23-15(17)18/h3-5,8-9,15H,6-7H2,1-2H3,(H,19,22). The summed E-state index contributed by atoms with van der Waals surface area (Å²) < 4.78 is 25.3. The maximum absolute atomic E-state index is 12.7. The molecule has 1 aromatic carbocycles. The molecule has 1 unspecified atom stereocenters. The first-order valence-electron chi connectivity index (χ1n) is 7.13. The zero-order valence-electron chi connectivity index (χ0n) is 12.7. The fourth-order valence-electron chi connectivity index (χ4n) is 2.46. The van der Waals surface area contributed by atoms with E-state index in [1.807, 2.05) is 13.8 Å². The van der Waals surface area contributed by atoms with E-state index < -0.39 is 11.7 Å². The quantitative estimate of drug-likeness (QED) is 0.809. The fourth-order valence-corrected chi connectivity index (χ4v) is 3.37. The number of likely N-dealkylation sites (tertiary alicyclic amines) is 1. The van der Waals surface area contributed by atoms with Gasteiger partial charge in [-0.05, 0) is 26.0 Å². The minimum Gasteiger partial charge on any atom is -0.339 e. The second kappa shape index (κ2) is 7.49. The van der Waals surface area contributed by atoms with Crippen LogP contribution in [0.4, 0.5) is 14.5 Å². The zero-order chi connectivity index (χ0) is 17.1. The molecular weight excluding hydrogens is 346 g/mol. The molecule has 126 valence electrons. The number of carbonyl (C=O) groups excluding carboxylic acids is 2. The molecule has 1 aromatic rings. The molecule has 0 saturated carbocycles. The second-order valence-electron chi connectivity index (χ2n) is 5.53. The van der Waals surface area contributed by atoms with Crippen LogP contribution in [0, 0.1) is 5.92 Å². The van der Waals surface area contributed by atoms with E-state index in [1.54, 1.807) is 11.0 Å². The molecule has 1 saturated heterocycles. The van der Waals surface area contributed by atoms with E-state index in [0.717, 1.165) is 0 Å². The van der Waals surface area contributed by atoms with Gasteiger partial charge < -0.3 is 10.2 Å². The smallest absolute Gasteiger partial charge is 0.289 e. The molecule has 0 aromatic heterocycles. The SMILES string of the molecule is CC(C)N1CC(C(=O)Nc2cccc(Cl)c2SC(F)F)CC1=O. The number of hydrogen-bond donors (Lipinski definition) is 1. The Bertz CT molecular complexity index is 613. The number of nitrogens with one attached hydrogen (secondary N) is 1. The molecule has 1 heterocycles. The van der Waals surface area contributed by atoms with Crippen LogP contribution in [-0.4, -0.2) is 35.1 Å². The van der Waals surface area contributed by atoms with E-state index in [2.05, 4.69) is 5.32 Å². The number of anilines is 1. The van der Waals surface area contributed by atoms with Crippen LogP contribution < -0.4 is 5.32 Å². The van der Waals surface area contributed by atoms with Gasteiger partial charge in [0, 0.05) is 19.0 Å². The van der Waals surface area contributed by atoms with Gasteiger partial charge in [0.05, 0.1) is 21.5 Å². The van der Waals surface area contributed by atoms with Crippen molar-refractivity contribution in [2.24, 2.45) is 5.92 Å². The number of benzene rings is 1. The fraction of sp³-hybridized carbons (Fsp3) is 0.467. The van der Waals surface area contributed by atoms with Crippen LogP contribution >= 0.6 is 23.4 Å². The molecule has 4 nitrogen and oxygen atoms in total. The number of amides is 2. The van der Waals surface area contributed by atoms with E-state index in [0.29, 0.717) is 6.54 Å². The highest BCUT2D eigenvalue weighted by Gasteiger charge is 2.35. The normalized spacial score (nSPS) is 18.1. The number of hydrogen-bond acceptors (Lipinski definition) is 3. The van der Waals surface area contributed by atoms with Gasteiger partial charge in [-0.3, -0.25) is 9.59 Å². The van der Waals surface area contributed by atoms with E-state index in [1.165, 1.54) is 12.1 Å². The van der Waals surface area contributed by atoms with Crippen molar-refractivity contribution in [1.82, 2.24) is 4.90 Å². The Morgan fingerprint density at radius 2 is 2.13 bits per heavy atom. The monoisotopic (exact) mass is 362 g/mol. The summed E-state index contributed by atoms with van der Waals surface area (Å²) in [6.07, 6.45) is 0.127. The van der Waals surface area contributed by atoms with Crippen LogP contribution in [0.15, 0.2) is 23.1 Å². The lowest BCUT2D eigenvalue weighted by molar-refractivity contribution is -0.129. The van der Waals surface area contributed by atoms with E-state index in [4.69, 9.17) is 11.6 Å². The van der Waals surface area contributed by atoms with Crippen molar-refractivity contribution < 1.29 is 18.4 Å². The summed E-state index contributed by atoms with van der Waals surface area (Å²) in [5, 5.41) is 2.77. The minimum absolute atomic E-state index is 0.0245. The molecule has 1 atom stereocenters. The lowest BCUT2D eigenvalue weighted by Gasteiger charge is -2.21. The summed E-state index contributed by atoms with van der Waals surface area (Å²) in [6, 6.07) is 4.61. The topological polar surface area (TPSA) is 49.4 Å². The molecule has 1 fully saturated rings. The summed E-state index contributed by atoms with van der Waals surface area (Å²) in [7, 11) is 0. The lowest BCUT2D eigenvalue weighted by atomic mass is 10.1. The lowest BCUT2D eigenvalue weighted by Crippen LogP contribution is -2.33. The van der Waals surface area contributed by atoms with E-state index >= 15 is 0 Å². The molecule has 0 bridgehead atoms. The van der Waals surface area contributed by atoms with Crippen molar-refractivity contribution in [3.05, 3.63) is 23.2 Å². The molecule has 8 heteroatoms. The van der Waals surface area contributed by atoms with Crippen LogP contribution in [0.2, 0.25) is 5.02 Å². The number of carbonyl (C=O) groups is 2. The summed E-state index contributed by atoms with van der Waals surface area (Å²) in [6.45, 7) is 4.10. The van der Waals surface area contributed by atoms with Crippen LogP contribution in [0.3, 0.4) is 0 Å². The first kappa shape index (κ1) is 18.0. The van der Waals surface area contributed by atoms with Crippen molar-refractivity contribution >= 4 is 40.9 Å². The van der Waals surface area contributed by atoms with Crippen molar-refractivity contribution in [3.8, 4) is 0 Å². The van der Waals surface area contributed by atoms with Gasteiger partial charge in [-0.1, -0.05) is 29.4 Å². The first-order valence-corrected chi connectivity index (χ1v) is 8.39. The molecule has 0 radical (unpaired) electrons. The third kappa shape index (κ3) is 4.35. The number of thioether (sulfide) groups is 1. The summed E-state index contributed by atoms with van der Waals surface area (Å²) in [5.41, 5.74) is 0.239. The Morgan fingerprint density at radius 3 is 2.70 bits per heavy atom. The Balaban J connectivity index is 2.12. The summed E-state index contributed by atoms with van der Waals surface area (Å²) in [5.74, 6) is -3.57. The first-order chi connectivity index (χ1) is 10.8. The Kier molecular flexibility index (Phi) is 5.86. The van der Waals surface area contributed by atoms with Crippen molar-refractivity contribution in [3.63, 3.8) is 0 Å². The summed E-state index contributed by atoms with van der Waals surface area (Å²) >= 11 is 6.22. The molecule has 2 rings (SSSR count). The molecule has 1 aliphatic heterocycles. The molecule has 0 aliphatic carbocycles. The van der Waals surface area contributed by atoms with Crippen molar-refractivity contribution in [2.75, 3.05) is 11.9 Å². The molecule has 23 heavy (non-hydrogen) atoms. The highest BCUT2D eigenvalue weighted by Crippen LogP contribution is 2.38. The van der Waals surface area contributed by atoms with Gasteiger partial charge in [0.2, 0.25) is 11.8 Å². The van der Waals surface area contributed by atoms with Crippen LogP contribution in [0.5, 0.6) is 0 Å². The maximum Gasteiger partial charge on any atom is 0.289 e. The van der Waals surface area contributed by atoms with Gasteiger partial charge >= 0.3 is 0 Å². The van der Waals surface area contributed by atoms with Crippen molar-refractivity contribution in [2.45, 2.75) is 37.0 Å². The second-order valence-corrected chi connectivity index (χ2v) is 6.93. The van der Waals surface area contributed by atoms with Gasteiger partial charge in [-0.2, -0.15) is 8.78 Å². The largest absolute Gasteiger partial charge is 0.339 e.